The van der Waals surface area contributed by atoms with Crippen LogP contribution < -0.4 is 11.2 Å². The van der Waals surface area contributed by atoms with Crippen LogP contribution >= 0.6 is 0 Å². The minimum Gasteiger partial charge on any atom is -0.408 e. The van der Waals surface area contributed by atoms with Gasteiger partial charge in [0, 0.05) is 0 Å². The largest absolute Gasteiger partial charge is 0.494 e. The van der Waals surface area contributed by atoms with Crippen molar-refractivity contribution in [1.82, 2.24) is 4.57 Å². The van der Waals surface area contributed by atoms with E-state index in [1.807, 2.05) is 26.0 Å². The van der Waals surface area contributed by atoms with Gasteiger partial charge in [-0.2, -0.15) is 0 Å². The molecule has 0 spiro atoms. The number of fused-ring (bicyclic) bond motifs is 1. The van der Waals surface area contributed by atoms with Crippen LogP contribution in [-0.4, -0.2) is 34.6 Å². The molecule has 0 atom stereocenters. The fourth-order valence-electron chi connectivity index (χ4n) is 2.56. The molecular weight excluding hydrogens is 285 g/mol. The van der Waals surface area contributed by atoms with Gasteiger partial charge in [0.15, 0.2) is 5.58 Å². The Morgan fingerprint density at radius 3 is 2.73 bits per heavy atom. The Bertz CT molecular complexity index is 755. The molecule has 0 unspecified atom stereocenters. The molecule has 118 valence electrons. The highest BCUT2D eigenvalue weighted by atomic mass is 16.7. The Hall–Kier alpha value is -1.57. The minimum absolute atomic E-state index is 0.153. The molecule has 6 nitrogen and oxygen atoms in total. The molecule has 0 bridgehead atoms. The third-order valence-corrected chi connectivity index (χ3v) is 3.52. The highest BCUT2D eigenvalue weighted by Crippen LogP contribution is 2.21. The molecule has 22 heavy (non-hydrogen) atoms. The molecule has 0 saturated carbocycles. The SMILES string of the molecule is CC(C)(O)Cn1c(=O)oc2ccc(B3OCC(C)(C)O3)cc21. The average molecular weight is 305 g/mol. The van der Waals surface area contributed by atoms with Crippen molar-refractivity contribution in [1.29, 1.82) is 0 Å². The van der Waals surface area contributed by atoms with Crippen LogP contribution in [0.25, 0.3) is 11.1 Å². The lowest BCUT2D eigenvalue weighted by Crippen LogP contribution is -2.35. The summed E-state index contributed by atoms with van der Waals surface area (Å²) in [6.45, 7) is 7.89. The van der Waals surface area contributed by atoms with E-state index in [4.69, 9.17) is 13.7 Å². The van der Waals surface area contributed by atoms with Crippen molar-refractivity contribution in [3.63, 3.8) is 0 Å². The van der Waals surface area contributed by atoms with Gasteiger partial charge in [-0.3, -0.25) is 4.57 Å². The maximum Gasteiger partial charge on any atom is 0.494 e. The first kappa shape index (κ1) is 15.3. The number of hydrogen-bond acceptors (Lipinski definition) is 5. The molecule has 1 saturated heterocycles. The van der Waals surface area contributed by atoms with Crippen molar-refractivity contribution in [3.05, 3.63) is 28.7 Å². The summed E-state index contributed by atoms with van der Waals surface area (Å²) >= 11 is 0. The monoisotopic (exact) mass is 305 g/mol. The molecule has 1 aliphatic heterocycles. The Kier molecular flexibility index (Phi) is 3.47. The molecule has 0 radical (unpaired) electrons. The van der Waals surface area contributed by atoms with E-state index in [0.717, 1.165) is 5.46 Å². The molecule has 1 aromatic heterocycles. The lowest BCUT2D eigenvalue weighted by atomic mass is 9.79. The molecule has 0 aliphatic carbocycles. The first-order valence-corrected chi connectivity index (χ1v) is 7.30. The highest BCUT2D eigenvalue weighted by molar-refractivity contribution is 6.62. The number of hydrogen-bond donors (Lipinski definition) is 1. The molecule has 1 fully saturated rings. The van der Waals surface area contributed by atoms with Gasteiger partial charge in [-0.15, -0.1) is 0 Å². The van der Waals surface area contributed by atoms with E-state index in [1.54, 1.807) is 19.9 Å². The van der Waals surface area contributed by atoms with Crippen LogP contribution in [0.3, 0.4) is 0 Å². The second-order valence-electron chi connectivity index (χ2n) is 7.01. The summed E-state index contributed by atoms with van der Waals surface area (Å²) in [5, 5.41) is 9.97. The fraction of sp³-hybridized carbons (Fsp3) is 0.533. The van der Waals surface area contributed by atoms with E-state index in [0.29, 0.717) is 17.7 Å². The van der Waals surface area contributed by atoms with E-state index >= 15 is 0 Å². The van der Waals surface area contributed by atoms with Crippen molar-refractivity contribution in [2.45, 2.75) is 45.4 Å². The highest BCUT2D eigenvalue weighted by Gasteiger charge is 2.38. The minimum atomic E-state index is -1.01. The number of benzene rings is 1. The maximum absolute atomic E-state index is 12.0. The van der Waals surface area contributed by atoms with Gasteiger partial charge in [0.2, 0.25) is 0 Å². The van der Waals surface area contributed by atoms with Gasteiger partial charge < -0.3 is 18.8 Å². The van der Waals surface area contributed by atoms with E-state index in [1.165, 1.54) is 4.57 Å². The van der Waals surface area contributed by atoms with Crippen LogP contribution in [0, 0.1) is 0 Å². The van der Waals surface area contributed by atoms with Gasteiger partial charge in [0.05, 0.1) is 29.9 Å². The van der Waals surface area contributed by atoms with Crippen molar-refractivity contribution in [3.8, 4) is 0 Å². The molecule has 3 rings (SSSR count). The number of rotatable bonds is 3. The molecular formula is C15H20BNO5. The fourth-order valence-corrected chi connectivity index (χ4v) is 2.56. The summed E-state index contributed by atoms with van der Waals surface area (Å²) in [5.41, 5.74) is 0.585. The third-order valence-electron chi connectivity index (χ3n) is 3.52. The summed E-state index contributed by atoms with van der Waals surface area (Å²) in [6.07, 6.45) is 0. The third kappa shape index (κ3) is 2.97. The van der Waals surface area contributed by atoms with Gasteiger partial charge in [-0.25, -0.2) is 4.79 Å². The Morgan fingerprint density at radius 2 is 2.14 bits per heavy atom. The van der Waals surface area contributed by atoms with Crippen LogP contribution in [-0.2, 0) is 15.9 Å². The van der Waals surface area contributed by atoms with Gasteiger partial charge in [0.1, 0.15) is 0 Å². The zero-order valence-corrected chi connectivity index (χ0v) is 13.3. The first-order chi connectivity index (χ1) is 10.1. The second-order valence-corrected chi connectivity index (χ2v) is 7.01. The van der Waals surface area contributed by atoms with Crippen LogP contribution in [0.2, 0.25) is 0 Å². The van der Waals surface area contributed by atoms with Crippen molar-refractivity contribution >= 4 is 23.7 Å². The van der Waals surface area contributed by atoms with E-state index < -0.39 is 18.5 Å². The quantitative estimate of drug-likeness (QED) is 0.852. The molecule has 1 aliphatic rings. The molecule has 2 aromatic rings. The van der Waals surface area contributed by atoms with Crippen LogP contribution in [0.5, 0.6) is 0 Å². The van der Waals surface area contributed by atoms with E-state index in [-0.39, 0.29) is 12.1 Å². The number of nitrogens with zero attached hydrogens (tertiary/aromatic N) is 1. The Morgan fingerprint density at radius 1 is 1.41 bits per heavy atom. The van der Waals surface area contributed by atoms with Crippen LogP contribution in [0.4, 0.5) is 0 Å². The molecule has 1 aromatic carbocycles. The van der Waals surface area contributed by atoms with Crippen LogP contribution in [0.1, 0.15) is 27.7 Å². The standard InChI is InChI=1S/C15H20BNO5/c1-14(2,19)8-17-11-7-10(5-6-12(11)21-13(17)18)16-20-9-15(3,4)22-16/h5-7,19H,8-9H2,1-4H3. The van der Waals surface area contributed by atoms with Gasteiger partial charge in [-0.05, 0) is 45.3 Å². The van der Waals surface area contributed by atoms with Gasteiger partial charge in [-0.1, -0.05) is 6.07 Å². The Balaban J connectivity index is 2.02. The maximum atomic E-state index is 12.0. The molecule has 2 heterocycles. The summed E-state index contributed by atoms with van der Waals surface area (Å²) in [5.74, 6) is -0.483. The van der Waals surface area contributed by atoms with Gasteiger partial charge >= 0.3 is 12.9 Å². The summed E-state index contributed by atoms with van der Waals surface area (Å²) in [6, 6.07) is 5.37. The lowest BCUT2D eigenvalue weighted by Gasteiger charge is -2.17. The number of aromatic nitrogens is 1. The average Bonchev–Trinajstić information content (AvgIpc) is 2.89. The topological polar surface area (TPSA) is 73.8 Å². The number of aliphatic hydroxyl groups is 1. The summed E-state index contributed by atoms with van der Waals surface area (Å²) in [4.78, 5) is 12.0. The zero-order chi connectivity index (χ0) is 16.1. The van der Waals surface area contributed by atoms with Gasteiger partial charge in [0.25, 0.3) is 0 Å². The summed E-state index contributed by atoms with van der Waals surface area (Å²) < 4.78 is 18.2. The predicted molar refractivity (Wildman–Crippen MR) is 83.3 cm³/mol. The van der Waals surface area contributed by atoms with E-state index in [2.05, 4.69) is 0 Å². The molecule has 7 heteroatoms. The zero-order valence-electron chi connectivity index (χ0n) is 13.3. The normalized spacial score (nSPS) is 18.3. The van der Waals surface area contributed by atoms with Crippen molar-refractivity contribution in [2.24, 2.45) is 0 Å². The van der Waals surface area contributed by atoms with Crippen molar-refractivity contribution in [2.75, 3.05) is 6.61 Å². The Labute approximate surface area is 128 Å². The lowest BCUT2D eigenvalue weighted by molar-refractivity contribution is 0.0606. The predicted octanol–water partition coefficient (Wildman–Crippen LogP) is 0.886. The summed E-state index contributed by atoms with van der Waals surface area (Å²) in [7, 11) is -0.458. The molecule has 1 N–H and O–H groups in total. The second kappa shape index (κ2) is 4.98. The van der Waals surface area contributed by atoms with E-state index in [9.17, 15) is 9.90 Å². The molecule has 0 amide bonds. The first-order valence-electron chi connectivity index (χ1n) is 7.30. The van der Waals surface area contributed by atoms with Crippen LogP contribution in [0.15, 0.2) is 27.4 Å². The smallest absolute Gasteiger partial charge is 0.408 e. The number of oxazole rings is 1. The van der Waals surface area contributed by atoms with Crippen molar-refractivity contribution < 1.29 is 18.8 Å².